The maximum Gasteiger partial charge on any atom is 0.335 e. The van der Waals surface area contributed by atoms with Crippen molar-refractivity contribution in [3.8, 4) is 0 Å². The van der Waals surface area contributed by atoms with Crippen LogP contribution in [0.2, 0.25) is 0 Å². The summed E-state index contributed by atoms with van der Waals surface area (Å²) in [6.45, 7) is 7.80. The molecular formula is C16H23NO3. The molecule has 1 fully saturated rings. The molecular weight excluding hydrogens is 254 g/mol. The number of hydrogen-bond acceptors (Lipinski definition) is 3. The van der Waals surface area contributed by atoms with E-state index in [2.05, 4.69) is 4.90 Å². The Bertz CT molecular complexity index is 465. The van der Waals surface area contributed by atoms with E-state index in [1.54, 1.807) is 12.1 Å². The number of likely N-dealkylation sites (tertiary alicyclic amines) is 1. The third-order valence-electron chi connectivity index (χ3n) is 3.92. The SMILES string of the molecule is CCOC1CCN(Cc2ccc(C(=O)O)cc2C)CC1. The summed E-state index contributed by atoms with van der Waals surface area (Å²) >= 11 is 0. The summed E-state index contributed by atoms with van der Waals surface area (Å²) in [5.41, 5.74) is 2.63. The molecule has 110 valence electrons. The zero-order valence-corrected chi connectivity index (χ0v) is 12.3. The molecule has 1 aromatic rings. The fourth-order valence-electron chi connectivity index (χ4n) is 2.72. The van der Waals surface area contributed by atoms with Crippen molar-refractivity contribution in [3.63, 3.8) is 0 Å². The number of carboxylic acid groups (broad SMARTS) is 1. The second-order valence-corrected chi connectivity index (χ2v) is 5.38. The highest BCUT2D eigenvalue weighted by Gasteiger charge is 2.19. The molecule has 0 radical (unpaired) electrons. The van der Waals surface area contributed by atoms with Crippen molar-refractivity contribution >= 4 is 5.97 Å². The Morgan fingerprint density at radius 3 is 2.65 bits per heavy atom. The Kier molecular flexibility index (Phi) is 5.15. The third-order valence-corrected chi connectivity index (χ3v) is 3.92. The summed E-state index contributed by atoms with van der Waals surface area (Å²) < 4.78 is 5.66. The zero-order chi connectivity index (χ0) is 14.5. The van der Waals surface area contributed by atoms with Crippen molar-refractivity contribution in [1.29, 1.82) is 0 Å². The number of rotatable bonds is 5. The van der Waals surface area contributed by atoms with Gasteiger partial charge in [0.15, 0.2) is 0 Å². The van der Waals surface area contributed by atoms with Gasteiger partial charge in [0.25, 0.3) is 0 Å². The fraction of sp³-hybridized carbons (Fsp3) is 0.562. The molecule has 0 bridgehead atoms. The molecule has 1 saturated heterocycles. The summed E-state index contributed by atoms with van der Waals surface area (Å²) in [4.78, 5) is 13.3. The Hall–Kier alpha value is -1.39. The highest BCUT2D eigenvalue weighted by atomic mass is 16.5. The molecule has 1 aliphatic heterocycles. The van der Waals surface area contributed by atoms with Crippen LogP contribution in [-0.4, -0.2) is 41.8 Å². The van der Waals surface area contributed by atoms with Gasteiger partial charge < -0.3 is 9.84 Å². The van der Waals surface area contributed by atoms with Crippen LogP contribution in [0.25, 0.3) is 0 Å². The van der Waals surface area contributed by atoms with Gasteiger partial charge in [-0.3, -0.25) is 4.90 Å². The van der Waals surface area contributed by atoms with Gasteiger partial charge in [-0.25, -0.2) is 4.79 Å². The molecule has 1 aromatic carbocycles. The Morgan fingerprint density at radius 1 is 1.40 bits per heavy atom. The molecule has 0 amide bonds. The molecule has 0 unspecified atom stereocenters. The fourth-order valence-corrected chi connectivity index (χ4v) is 2.72. The monoisotopic (exact) mass is 277 g/mol. The molecule has 2 rings (SSSR count). The lowest BCUT2D eigenvalue weighted by molar-refractivity contribution is 0.0125. The Labute approximate surface area is 120 Å². The van der Waals surface area contributed by atoms with Crippen molar-refractivity contribution in [3.05, 3.63) is 34.9 Å². The molecule has 1 heterocycles. The average Bonchev–Trinajstić information content (AvgIpc) is 2.43. The van der Waals surface area contributed by atoms with Crippen molar-refractivity contribution in [1.82, 2.24) is 4.90 Å². The van der Waals surface area contributed by atoms with E-state index in [1.165, 1.54) is 5.56 Å². The molecule has 0 aliphatic carbocycles. The summed E-state index contributed by atoms with van der Waals surface area (Å²) in [6, 6.07) is 5.38. The second kappa shape index (κ2) is 6.86. The summed E-state index contributed by atoms with van der Waals surface area (Å²) in [7, 11) is 0. The van der Waals surface area contributed by atoms with Crippen molar-refractivity contribution in [2.75, 3.05) is 19.7 Å². The van der Waals surface area contributed by atoms with E-state index < -0.39 is 5.97 Å². The molecule has 1 aliphatic rings. The number of piperidine rings is 1. The van der Waals surface area contributed by atoms with E-state index in [9.17, 15) is 4.79 Å². The van der Waals surface area contributed by atoms with Crippen LogP contribution in [0, 0.1) is 6.92 Å². The topological polar surface area (TPSA) is 49.8 Å². The zero-order valence-electron chi connectivity index (χ0n) is 12.3. The smallest absolute Gasteiger partial charge is 0.335 e. The van der Waals surface area contributed by atoms with Crippen LogP contribution in [0.5, 0.6) is 0 Å². The van der Waals surface area contributed by atoms with Crippen LogP contribution < -0.4 is 0 Å². The van der Waals surface area contributed by atoms with E-state index in [0.717, 1.165) is 44.6 Å². The lowest BCUT2D eigenvalue weighted by atomic mass is 10.0. The largest absolute Gasteiger partial charge is 0.478 e. The highest BCUT2D eigenvalue weighted by molar-refractivity contribution is 5.87. The molecule has 4 heteroatoms. The van der Waals surface area contributed by atoms with Gasteiger partial charge in [0.05, 0.1) is 11.7 Å². The van der Waals surface area contributed by atoms with Crippen LogP contribution in [0.4, 0.5) is 0 Å². The van der Waals surface area contributed by atoms with Crippen molar-refractivity contribution < 1.29 is 14.6 Å². The molecule has 20 heavy (non-hydrogen) atoms. The highest BCUT2D eigenvalue weighted by Crippen LogP contribution is 2.18. The van der Waals surface area contributed by atoms with Gasteiger partial charge in [-0.1, -0.05) is 6.07 Å². The molecule has 1 N–H and O–H groups in total. The normalized spacial score (nSPS) is 17.3. The molecule has 0 spiro atoms. The van der Waals surface area contributed by atoms with Gasteiger partial charge in [0, 0.05) is 26.2 Å². The van der Waals surface area contributed by atoms with Crippen molar-refractivity contribution in [2.45, 2.75) is 39.3 Å². The maximum atomic E-state index is 10.9. The van der Waals surface area contributed by atoms with Crippen LogP contribution in [0.1, 0.15) is 41.3 Å². The first-order valence-corrected chi connectivity index (χ1v) is 7.27. The van der Waals surface area contributed by atoms with Crippen LogP contribution in [0.3, 0.4) is 0 Å². The number of nitrogens with zero attached hydrogens (tertiary/aromatic N) is 1. The third kappa shape index (κ3) is 3.81. The number of aryl methyl sites for hydroxylation is 1. The first kappa shape index (κ1) is 15.0. The van der Waals surface area contributed by atoms with Gasteiger partial charge in [-0.2, -0.15) is 0 Å². The molecule has 4 nitrogen and oxygen atoms in total. The quantitative estimate of drug-likeness (QED) is 0.899. The van der Waals surface area contributed by atoms with Gasteiger partial charge in [0.2, 0.25) is 0 Å². The lowest BCUT2D eigenvalue weighted by Gasteiger charge is -2.32. The first-order chi connectivity index (χ1) is 9.60. The number of carbonyl (C=O) groups is 1. The van der Waals surface area contributed by atoms with E-state index in [4.69, 9.17) is 9.84 Å². The van der Waals surface area contributed by atoms with E-state index in [1.807, 2.05) is 19.9 Å². The van der Waals surface area contributed by atoms with E-state index >= 15 is 0 Å². The predicted octanol–water partition coefficient (Wildman–Crippen LogP) is 2.69. The number of ether oxygens (including phenoxy) is 1. The minimum atomic E-state index is -0.864. The second-order valence-electron chi connectivity index (χ2n) is 5.38. The van der Waals surface area contributed by atoms with Crippen LogP contribution in [-0.2, 0) is 11.3 Å². The van der Waals surface area contributed by atoms with Crippen LogP contribution >= 0.6 is 0 Å². The number of hydrogen-bond donors (Lipinski definition) is 1. The minimum absolute atomic E-state index is 0.362. The standard InChI is InChI=1S/C16H23NO3/c1-3-20-15-6-8-17(9-7-15)11-14-5-4-13(16(18)19)10-12(14)2/h4-5,10,15H,3,6-9,11H2,1-2H3,(H,18,19). The Morgan fingerprint density at radius 2 is 2.10 bits per heavy atom. The minimum Gasteiger partial charge on any atom is -0.478 e. The van der Waals surface area contributed by atoms with E-state index in [-0.39, 0.29) is 0 Å². The molecule has 0 saturated carbocycles. The first-order valence-electron chi connectivity index (χ1n) is 7.27. The summed E-state index contributed by atoms with van der Waals surface area (Å²) in [5, 5.41) is 8.98. The lowest BCUT2D eigenvalue weighted by Crippen LogP contribution is -2.36. The van der Waals surface area contributed by atoms with Gasteiger partial charge >= 0.3 is 5.97 Å². The van der Waals surface area contributed by atoms with Gasteiger partial charge in [0.1, 0.15) is 0 Å². The molecule has 0 atom stereocenters. The van der Waals surface area contributed by atoms with Gasteiger partial charge in [-0.05, 0) is 49.9 Å². The number of benzene rings is 1. The Balaban J connectivity index is 1.93. The predicted molar refractivity (Wildman–Crippen MR) is 78.1 cm³/mol. The number of carboxylic acids is 1. The average molecular weight is 277 g/mol. The van der Waals surface area contributed by atoms with Gasteiger partial charge in [-0.15, -0.1) is 0 Å². The van der Waals surface area contributed by atoms with E-state index in [0.29, 0.717) is 11.7 Å². The summed E-state index contributed by atoms with van der Waals surface area (Å²) in [5.74, 6) is -0.864. The number of aromatic carboxylic acids is 1. The summed E-state index contributed by atoms with van der Waals surface area (Å²) in [6.07, 6.45) is 2.58. The van der Waals surface area contributed by atoms with Crippen molar-refractivity contribution in [2.24, 2.45) is 0 Å². The maximum absolute atomic E-state index is 10.9. The molecule has 0 aromatic heterocycles. The van der Waals surface area contributed by atoms with Crippen LogP contribution in [0.15, 0.2) is 18.2 Å².